The summed E-state index contributed by atoms with van der Waals surface area (Å²) in [6, 6.07) is 3.67. The molecule has 0 spiro atoms. The van der Waals surface area contributed by atoms with E-state index in [0.717, 1.165) is 4.88 Å². The van der Waals surface area contributed by atoms with Crippen molar-refractivity contribution in [3.8, 4) is 0 Å². The molecule has 0 saturated carbocycles. The molecule has 0 fully saturated rings. The molecular weight excluding hydrogens is 316 g/mol. The van der Waals surface area contributed by atoms with Crippen molar-refractivity contribution >= 4 is 33.0 Å². The second-order valence-corrected chi connectivity index (χ2v) is 5.99. The van der Waals surface area contributed by atoms with Crippen LogP contribution in [0.15, 0.2) is 27.7 Å². The van der Waals surface area contributed by atoms with E-state index in [-0.39, 0.29) is 17.9 Å². The topological polar surface area (TPSA) is 52.0 Å². The number of halogens is 1. The fourth-order valence-corrected chi connectivity index (χ4v) is 2.60. The lowest BCUT2D eigenvalue weighted by molar-refractivity contribution is 0.0974. The highest BCUT2D eigenvalue weighted by molar-refractivity contribution is 9.10. The molecule has 4 nitrogen and oxygen atoms in total. The minimum absolute atomic E-state index is 0.0185. The van der Waals surface area contributed by atoms with Gasteiger partial charge in [0.05, 0.1) is 23.4 Å². The number of carbonyl (C=O) groups excluding carboxylic acids is 1. The molecule has 0 bridgehead atoms. The van der Waals surface area contributed by atoms with Gasteiger partial charge in [-0.3, -0.25) is 14.2 Å². The van der Waals surface area contributed by atoms with E-state index in [9.17, 15) is 9.59 Å². The molecule has 0 aliphatic carbocycles. The number of aryl methyl sites for hydroxylation is 2. The lowest BCUT2D eigenvalue weighted by Gasteiger charge is -2.05. The Hall–Kier alpha value is -1.27. The Morgan fingerprint density at radius 3 is 2.78 bits per heavy atom. The van der Waals surface area contributed by atoms with E-state index < -0.39 is 0 Å². The van der Waals surface area contributed by atoms with Crippen molar-refractivity contribution in [2.24, 2.45) is 0 Å². The van der Waals surface area contributed by atoms with E-state index in [4.69, 9.17) is 0 Å². The predicted molar refractivity (Wildman–Crippen MR) is 74.3 cm³/mol. The second kappa shape index (κ2) is 5.16. The average Bonchev–Trinajstić information content (AvgIpc) is 2.77. The standard InChI is InChI=1S/C12H11BrN2O2S/c1-7-3-4-10(18-7)9(16)5-15-6-14-8(2)11(13)12(15)17/h3-4,6H,5H2,1-2H3. The lowest BCUT2D eigenvalue weighted by Crippen LogP contribution is -2.25. The van der Waals surface area contributed by atoms with Crippen molar-refractivity contribution in [2.75, 3.05) is 0 Å². The van der Waals surface area contributed by atoms with Gasteiger partial charge in [-0.25, -0.2) is 4.98 Å². The maximum Gasteiger partial charge on any atom is 0.268 e. The molecule has 2 heterocycles. The molecule has 0 atom stereocenters. The van der Waals surface area contributed by atoms with Crippen LogP contribution in [0.1, 0.15) is 20.2 Å². The number of ketones is 1. The molecule has 94 valence electrons. The number of rotatable bonds is 3. The van der Waals surface area contributed by atoms with Gasteiger partial charge in [0.1, 0.15) is 4.47 Å². The third kappa shape index (κ3) is 2.59. The van der Waals surface area contributed by atoms with Crippen LogP contribution < -0.4 is 5.56 Å². The zero-order valence-corrected chi connectivity index (χ0v) is 12.3. The van der Waals surface area contributed by atoms with Crippen molar-refractivity contribution in [3.05, 3.63) is 48.7 Å². The third-order valence-corrected chi connectivity index (χ3v) is 4.44. The Morgan fingerprint density at radius 1 is 1.44 bits per heavy atom. The average molecular weight is 327 g/mol. The van der Waals surface area contributed by atoms with Gasteiger partial charge in [-0.2, -0.15) is 0 Å². The Bertz CT molecular complexity index is 660. The summed E-state index contributed by atoms with van der Waals surface area (Å²) in [6.45, 7) is 3.70. The van der Waals surface area contributed by atoms with E-state index in [1.54, 1.807) is 13.0 Å². The van der Waals surface area contributed by atoms with Crippen LogP contribution in [0.3, 0.4) is 0 Å². The molecule has 6 heteroatoms. The summed E-state index contributed by atoms with van der Waals surface area (Å²) in [7, 11) is 0. The maximum atomic E-state index is 12.0. The van der Waals surface area contributed by atoms with Crippen LogP contribution in [0.4, 0.5) is 0 Å². The first kappa shape index (κ1) is 13.2. The van der Waals surface area contributed by atoms with Crippen LogP contribution in [0, 0.1) is 13.8 Å². The Kier molecular flexibility index (Phi) is 3.77. The Labute approximate surface area is 116 Å². The summed E-state index contributed by atoms with van der Waals surface area (Å²) in [6.07, 6.45) is 1.40. The van der Waals surface area contributed by atoms with Crippen LogP contribution in [0.5, 0.6) is 0 Å². The monoisotopic (exact) mass is 326 g/mol. The molecule has 0 aliphatic heterocycles. The van der Waals surface area contributed by atoms with Crippen molar-refractivity contribution in [2.45, 2.75) is 20.4 Å². The minimum atomic E-state index is -0.232. The summed E-state index contributed by atoms with van der Waals surface area (Å²) in [5.41, 5.74) is 0.389. The SMILES string of the molecule is Cc1ccc(C(=O)Cn2cnc(C)c(Br)c2=O)s1. The Morgan fingerprint density at radius 2 is 2.17 bits per heavy atom. The summed E-state index contributed by atoms with van der Waals surface area (Å²) in [4.78, 5) is 29.7. The van der Waals surface area contributed by atoms with Crippen molar-refractivity contribution in [1.82, 2.24) is 9.55 Å². The number of hydrogen-bond donors (Lipinski definition) is 0. The van der Waals surface area contributed by atoms with Crippen LogP contribution in [-0.4, -0.2) is 15.3 Å². The van der Waals surface area contributed by atoms with Gasteiger partial charge in [0.25, 0.3) is 5.56 Å². The molecule has 18 heavy (non-hydrogen) atoms. The maximum absolute atomic E-state index is 12.0. The quantitative estimate of drug-likeness (QED) is 0.814. The van der Waals surface area contributed by atoms with Crippen molar-refractivity contribution in [1.29, 1.82) is 0 Å². The number of hydrogen-bond acceptors (Lipinski definition) is 4. The Balaban J connectivity index is 2.28. The molecule has 2 aromatic heterocycles. The second-order valence-electron chi connectivity index (χ2n) is 3.91. The van der Waals surface area contributed by atoms with E-state index >= 15 is 0 Å². The normalized spacial score (nSPS) is 10.6. The van der Waals surface area contributed by atoms with Gasteiger partial charge in [0.15, 0.2) is 5.78 Å². The fourth-order valence-electron chi connectivity index (χ4n) is 1.48. The van der Waals surface area contributed by atoms with Gasteiger partial charge < -0.3 is 0 Å². The third-order valence-electron chi connectivity index (χ3n) is 2.49. The molecule has 0 radical (unpaired) electrons. The first-order valence-corrected chi connectivity index (χ1v) is 6.91. The van der Waals surface area contributed by atoms with Crippen LogP contribution >= 0.6 is 27.3 Å². The zero-order chi connectivity index (χ0) is 13.3. The first-order chi connectivity index (χ1) is 8.49. The smallest absolute Gasteiger partial charge is 0.268 e. The van der Waals surface area contributed by atoms with E-state index in [0.29, 0.717) is 15.0 Å². The highest BCUT2D eigenvalue weighted by Gasteiger charge is 2.12. The summed E-state index contributed by atoms with van der Waals surface area (Å²) in [5, 5.41) is 0. The van der Waals surface area contributed by atoms with Crippen molar-refractivity contribution in [3.63, 3.8) is 0 Å². The summed E-state index contributed by atoms with van der Waals surface area (Å²) < 4.78 is 1.72. The van der Waals surface area contributed by atoms with Gasteiger partial charge in [0.2, 0.25) is 0 Å². The van der Waals surface area contributed by atoms with E-state index in [2.05, 4.69) is 20.9 Å². The molecular formula is C12H11BrN2O2S. The molecule has 0 N–H and O–H groups in total. The van der Waals surface area contributed by atoms with Gasteiger partial charge in [-0.15, -0.1) is 11.3 Å². The molecule has 2 aromatic rings. The molecule has 2 rings (SSSR count). The summed E-state index contributed by atoms with van der Waals surface area (Å²) in [5.74, 6) is -0.0762. The van der Waals surface area contributed by atoms with Crippen LogP contribution in [0.2, 0.25) is 0 Å². The number of carbonyl (C=O) groups is 1. The molecule has 0 aliphatic rings. The molecule has 0 unspecified atom stereocenters. The van der Waals surface area contributed by atoms with Crippen LogP contribution in [-0.2, 0) is 6.54 Å². The van der Waals surface area contributed by atoms with Gasteiger partial charge in [0, 0.05) is 4.88 Å². The predicted octanol–water partition coefficient (Wildman–Crippen LogP) is 2.57. The van der Waals surface area contributed by atoms with Crippen molar-refractivity contribution < 1.29 is 4.79 Å². The largest absolute Gasteiger partial charge is 0.291 e. The molecule has 0 amide bonds. The fraction of sp³-hybridized carbons (Fsp3) is 0.250. The minimum Gasteiger partial charge on any atom is -0.291 e. The number of thiophene rings is 1. The lowest BCUT2D eigenvalue weighted by atomic mass is 10.3. The highest BCUT2D eigenvalue weighted by Crippen LogP contribution is 2.16. The number of aromatic nitrogens is 2. The van der Waals surface area contributed by atoms with Crippen LogP contribution in [0.25, 0.3) is 0 Å². The summed E-state index contributed by atoms with van der Waals surface area (Å²) >= 11 is 4.61. The van der Waals surface area contributed by atoms with Gasteiger partial charge in [-0.1, -0.05) is 0 Å². The number of Topliss-reactive ketones (excluding diaryl/α,β-unsaturated/α-hetero) is 1. The van der Waals surface area contributed by atoms with Gasteiger partial charge >= 0.3 is 0 Å². The first-order valence-electron chi connectivity index (χ1n) is 5.30. The molecule has 0 aromatic carbocycles. The zero-order valence-electron chi connectivity index (χ0n) is 9.94. The molecule has 0 saturated heterocycles. The van der Waals surface area contributed by atoms with E-state index in [1.165, 1.54) is 22.2 Å². The van der Waals surface area contributed by atoms with Gasteiger partial charge in [-0.05, 0) is 41.9 Å². The highest BCUT2D eigenvalue weighted by atomic mass is 79.9. The number of nitrogens with zero attached hydrogens (tertiary/aromatic N) is 2. The van der Waals surface area contributed by atoms with E-state index in [1.807, 2.05) is 13.0 Å².